The molecule has 0 aromatic carbocycles. The van der Waals surface area contributed by atoms with Crippen LogP contribution in [0, 0.1) is 0 Å². The Morgan fingerprint density at radius 3 is 2.57 bits per heavy atom. The fourth-order valence-electron chi connectivity index (χ4n) is 2.20. The van der Waals surface area contributed by atoms with Gasteiger partial charge >= 0.3 is 0 Å². The van der Waals surface area contributed by atoms with Crippen LogP contribution >= 0.6 is 12.2 Å². The number of nitrogens with zero attached hydrogens (tertiary/aromatic N) is 3. The lowest BCUT2D eigenvalue weighted by Crippen LogP contribution is -2.40. The number of carbonyl (C=O) groups excluding carboxylic acids is 2. The Bertz CT molecular complexity index is 553. The van der Waals surface area contributed by atoms with Gasteiger partial charge < -0.3 is 15.5 Å². The van der Waals surface area contributed by atoms with Crippen molar-refractivity contribution in [3.8, 4) is 0 Å². The number of likely N-dealkylation sites (N-methyl/N-ethyl adjacent to an activating group) is 1. The zero-order valence-electron chi connectivity index (χ0n) is 11.9. The monoisotopic (exact) mass is 306 g/mol. The first-order valence-corrected chi connectivity index (χ1v) is 7.19. The van der Waals surface area contributed by atoms with Crippen molar-refractivity contribution < 1.29 is 9.59 Å². The standard InChI is InChI=1S/C14H18N4O2S/c1-17(9-12(19)18-6-2-3-7-18)14(20)11-5-4-10(8-16-11)13(15)21/h4-5,8H,2-3,6-7,9H2,1H3,(H2,15,21). The molecule has 0 radical (unpaired) electrons. The van der Waals surface area contributed by atoms with Crippen molar-refractivity contribution in [2.75, 3.05) is 26.7 Å². The maximum Gasteiger partial charge on any atom is 0.272 e. The first kappa shape index (κ1) is 15.4. The van der Waals surface area contributed by atoms with Gasteiger partial charge in [0.15, 0.2) is 0 Å². The summed E-state index contributed by atoms with van der Waals surface area (Å²) in [5, 5.41) is 0. The molecule has 7 heteroatoms. The van der Waals surface area contributed by atoms with Gasteiger partial charge in [-0.2, -0.15) is 0 Å². The van der Waals surface area contributed by atoms with Crippen molar-refractivity contribution in [3.05, 3.63) is 29.6 Å². The summed E-state index contributed by atoms with van der Waals surface area (Å²) in [5.41, 5.74) is 6.36. The Labute approximate surface area is 128 Å². The highest BCUT2D eigenvalue weighted by Gasteiger charge is 2.22. The molecule has 2 amide bonds. The van der Waals surface area contributed by atoms with Crippen LogP contribution in [0.15, 0.2) is 18.3 Å². The lowest BCUT2D eigenvalue weighted by Gasteiger charge is -2.21. The lowest BCUT2D eigenvalue weighted by atomic mass is 10.2. The van der Waals surface area contributed by atoms with E-state index in [0.717, 1.165) is 25.9 Å². The van der Waals surface area contributed by atoms with E-state index in [2.05, 4.69) is 4.98 Å². The van der Waals surface area contributed by atoms with Crippen LogP contribution in [0.3, 0.4) is 0 Å². The van der Waals surface area contributed by atoms with Crippen LogP contribution in [0.2, 0.25) is 0 Å². The smallest absolute Gasteiger partial charge is 0.272 e. The quantitative estimate of drug-likeness (QED) is 0.815. The number of hydrogen-bond donors (Lipinski definition) is 1. The van der Waals surface area contributed by atoms with Crippen LogP contribution in [-0.4, -0.2) is 58.3 Å². The molecule has 6 nitrogen and oxygen atoms in total. The number of hydrogen-bond acceptors (Lipinski definition) is 4. The molecule has 1 aliphatic rings. The third-order valence-corrected chi connectivity index (χ3v) is 3.68. The third-order valence-electron chi connectivity index (χ3n) is 3.45. The molecule has 2 N–H and O–H groups in total. The van der Waals surface area contributed by atoms with Gasteiger partial charge in [-0.25, -0.2) is 0 Å². The fourth-order valence-corrected chi connectivity index (χ4v) is 2.32. The van der Waals surface area contributed by atoms with E-state index < -0.39 is 0 Å². The van der Waals surface area contributed by atoms with Gasteiger partial charge in [0.1, 0.15) is 10.7 Å². The minimum atomic E-state index is -0.294. The lowest BCUT2D eigenvalue weighted by molar-refractivity contribution is -0.130. The van der Waals surface area contributed by atoms with E-state index in [4.69, 9.17) is 18.0 Å². The molecule has 21 heavy (non-hydrogen) atoms. The molecule has 2 rings (SSSR count). The first-order chi connectivity index (χ1) is 9.99. The highest BCUT2D eigenvalue weighted by Crippen LogP contribution is 2.09. The van der Waals surface area contributed by atoms with Crippen LogP contribution in [-0.2, 0) is 4.79 Å². The van der Waals surface area contributed by atoms with Crippen LogP contribution in [0.25, 0.3) is 0 Å². The average molecular weight is 306 g/mol. The molecule has 0 aliphatic carbocycles. The van der Waals surface area contributed by atoms with Crippen LogP contribution < -0.4 is 5.73 Å². The molecule has 1 aliphatic heterocycles. The van der Waals surface area contributed by atoms with E-state index >= 15 is 0 Å². The van der Waals surface area contributed by atoms with Gasteiger partial charge in [-0.15, -0.1) is 0 Å². The topological polar surface area (TPSA) is 79.5 Å². The predicted octanol–water partition coefficient (Wildman–Crippen LogP) is 0.410. The summed E-state index contributed by atoms with van der Waals surface area (Å²) in [7, 11) is 1.60. The van der Waals surface area contributed by atoms with Crippen molar-refractivity contribution >= 4 is 29.0 Å². The molecular formula is C14H18N4O2S. The van der Waals surface area contributed by atoms with Gasteiger partial charge in [-0.05, 0) is 25.0 Å². The molecule has 1 aromatic heterocycles. The number of pyridine rings is 1. The fraction of sp³-hybridized carbons (Fsp3) is 0.429. The second-order valence-electron chi connectivity index (χ2n) is 5.05. The molecule has 0 bridgehead atoms. The molecule has 0 atom stereocenters. The molecule has 0 spiro atoms. The largest absolute Gasteiger partial charge is 0.389 e. The van der Waals surface area contributed by atoms with Gasteiger partial charge in [0.05, 0.1) is 6.54 Å². The number of carbonyl (C=O) groups is 2. The molecule has 1 fully saturated rings. The highest BCUT2D eigenvalue weighted by atomic mass is 32.1. The predicted molar refractivity (Wildman–Crippen MR) is 82.9 cm³/mol. The van der Waals surface area contributed by atoms with Crippen LogP contribution in [0.4, 0.5) is 0 Å². The zero-order chi connectivity index (χ0) is 15.4. The van der Waals surface area contributed by atoms with Crippen LogP contribution in [0.5, 0.6) is 0 Å². The average Bonchev–Trinajstić information content (AvgIpc) is 3.00. The normalized spacial score (nSPS) is 14.0. The Hall–Kier alpha value is -2.02. The second-order valence-corrected chi connectivity index (χ2v) is 5.49. The van der Waals surface area contributed by atoms with Gasteiger partial charge in [-0.1, -0.05) is 12.2 Å². The number of amides is 2. The van der Waals surface area contributed by atoms with Crippen molar-refractivity contribution in [1.82, 2.24) is 14.8 Å². The van der Waals surface area contributed by atoms with Gasteiger partial charge in [0, 0.05) is 31.9 Å². The Morgan fingerprint density at radius 2 is 2.05 bits per heavy atom. The van der Waals surface area contributed by atoms with Crippen molar-refractivity contribution in [1.29, 1.82) is 0 Å². The number of thiocarbonyl (C=S) groups is 1. The summed E-state index contributed by atoms with van der Waals surface area (Å²) >= 11 is 4.83. The number of aromatic nitrogens is 1. The summed E-state index contributed by atoms with van der Waals surface area (Å²) < 4.78 is 0. The van der Waals surface area contributed by atoms with Gasteiger partial charge in [0.25, 0.3) is 5.91 Å². The molecule has 1 saturated heterocycles. The van der Waals surface area contributed by atoms with E-state index in [1.54, 1.807) is 24.1 Å². The molecule has 0 saturated carbocycles. The Morgan fingerprint density at radius 1 is 1.38 bits per heavy atom. The minimum Gasteiger partial charge on any atom is -0.389 e. The Kier molecular flexibility index (Phi) is 4.85. The second kappa shape index (κ2) is 6.62. The zero-order valence-corrected chi connectivity index (χ0v) is 12.7. The van der Waals surface area contributed by atoms with E-state index in [0.29, 0.717) is 5.56 Å². The molecular weight excluding hydrogens is 288 g/mol. The van der Waals surface area contributed by atoms with E-state index in [-0.39, 0.29) is 29.0 Å². The van der Waals surface area contributed by atoms with Crippen molar-refractivity contribution in [2.24, 2.45) is 5.73 Å². The highest BCUT2D eigenvalue weighted by molar-refractivity contribution is 7.80. The molecule has 0 unspecified atom stereocenters. The Balaban J connectivity index is 1.98. The summed E-state index contributed by atoms with van der Waals surface area (Å²) in [6, 6.07) is 3.21. The molecule has 112 valence electrons. The first-order valence-electron chi connectivity index (χ1n) is 6.78. The molecule has 1 aromatic rings. The molecule has 2 heterocycles. The maximum atomic E-state index is 12.2. The van der Waals surface area contributed by atoms with E-state index in [1.165, 1.54) is 11.1 Å². The summed E-state index contributed by atoms with van der Waals surface area (Å²) in [6.07, 6.45) is 3.53. The van der Waals surface area contributed by atoms with Crippen LogP contribution in [0.1, 0.15) is 28.9 Å². The minimum absolute atomic E-state index is 0.0249. The summed E-state index contributed by atoms with van der Waals surface area (Å²) in [4.78, 5) is 31.7. The maximum absolute atomic E-state index is 12.2. The number of likely N-dealkylation sites (tertiary alicyclic amines) is 1. The van der Waals surface area contributed by atoms with Gasteiger partial charge in [-0.3, -0.25) is 14.6 Å². The number of nitrogens with two attached hydrogens (primary N) is 1. The van der Waals surface area contributed by atoms with Crippen molar-refractivity contribution in [2.45, 2.75) is 12.8 Å². The summed E-state index contributed by atoms with van der Waals surface area (Å²) in [5.74, 6) is -0.319. The third kappa shape index (κ3) is 3.75. The SMILES string of the molecule is CN(CC(=O)N1CCCC1)C(=O)c1ccc(C(N)=S)cn1. The van der Waals surface area contributed by atoms with E-state index in [1.807, 2.05) is 0 Å². The van der Waals surface area contributed by atoms with Crippen molar-refractivity contribution in [3.63, 3.8) is 0 Å². The van der Waals surface area contributed by atoms with Gasteiger partial charge in [0.2, 0.25) is 5.91 Å². The summed E-state index contributed by atoms with van der Waals surface area (Å²) in [6.45, 7) is 1.63. The van der Waals surface area contributed by atoms with E-state index in [9.17, 15) is 9.59 Å². The number of rotatable bonds is 4.